The van der Waals surface area contributed by atoms with Gasteiger partial charge in [-0.15, -0.1) is 11.6 Å². The van der Waals surface area contributed by atoms with Crippen LogP contribution in [0.1, 0.15) is 27.7 Å². The van der Waals surface area contributed by atoms with E-state index in [1.807, 2.05) is 0 Å². The standard InChI is InChI=1S/C7H13ClO4/c1-5(8)7(4)11-9-6(2,3)10-12-7/h5H,1-4H3. The lowest BCUT2D eigenvalue weighted by Crippen LogP contribution is -2.50. The van der Waals surface area contributed by atoms with Crippen LogP contribution in [0.2, 0.25) is 0 Å². The lowest BCUT2D eigenvalue weighted by molar-refractivity contribution is -0.646. The van der Waals surface area contributed by atoms with Gasteiger partial charge in [0.15, 0.2) is 0 Å². The monoisotopic (exact) mass is 196 g/mol. The van der Waals surface area contributed by atoms with Crippen LogP contribution in [0.25, 0.3) is 0 Å². The lowest BCUT2D eigenvalue weighted by atomic mass is 10.2. The maximum atomic E-state index is 5.78. The van der Waals surface area contributed by atoms with Gasteiger partial charge >= 0.3 is 0 Å². The molecule has 4 nitrogen and oxygen atoms in total. The molecule has 0 aliphatic carbocycles. The highest BCUT2D eigenvalue weighted by Crippen LogP contribution is 2.31. The highest BCUT2D eigenvalue weighted by molar-refractivity contribution is 6.21. The molecular formula is C7H13ClO4. The minimum Gasteiger partial charge on any atom is -0.195 e. The molecule has 0 aromatic heterocycles. The number of rotatable bonds is 1. The molecule has 1 atom stereocenters. The van der Waals surface area contributed by atoms with E-state index in [9.17, 15) is 0 Å². The van der Waals surface area contributed by atoms with Crippen LogP contribution in [0.4, 0.5) is 0 Å². The molecule has 0 radical (unpaired) electrons. The van der Waals surface area contributed by atoms with E-state index in [2.05, 4.69) is 0 Å². The van der Waals surface area contributed by atoms with Crippen LogP contribution in [-0.2, 0) is 19.6 Å². The van der Waals surface area contributed by atoms with Gasteiger partial charge in [-0.25, -0.2) is 0 Å². The normalized spacial score (nSPS) is 29.8. The summed E-state index contributed by atoms with van der Waals surface area (Å²) in [6.07, 6.45) is 0. The molecule has 5 heteroatoms. The molecule has 0 aromatic rings. The number of hydrogen-bond acceptors (Lipinski definition) is 4. The van der Waals surface area contributed by atoms with E-state index in [4.69, 9.17) is 31.2 Å². The number of alkyl halides is 1. The van der Waals surface area contributed by atoms with Crippen molar-refractivity contribution in [3.8, 4) is 0 Å². The van der Waals surface area contributed by atoms with Crippen molar-refractivity contribution in [2.45, 2.75) is 44.6 Å². The first-order valence-electron chi connectivity index (χ1n) is 3.73. The second-order valence-electron chi connectivity index (χ2n) is 3.37. The van der Waals surface area contributed by atoms with Crippen molar-refractivity contribution >= 4 is 11.6 Å². The topological polar surface area (TPSA) is 36.9 Å². The zero-order valence-electron chi connectivity index (χ0n) is 7.59. The van der Waals surface area contributed by atoms with E-state index >= 15 is 0 Å². The summed E-state index contributed by atoms with van der Waals surface area (Å²) in [5.41, 5.74) is 0. The molecule has 0 saturated carbocycles. The van der Waals surface area contributed by atoms with Gasteiger partial charge < -0.3 is 0 Å². The smallest absolute Gasteiger partial charge is 0.195 e. The van der Waals surface area contributed by atoms with E-state index < -0.39 is 11.6 Å². The molecule has 0 N–H and O–H groups in total. The average molecular weight is 197 g/mol. The molecule has 0 aromatic carbocycles. The number of halogens is 1. The van der Waals surface area contributed by atoms with E-state index in [1.165, 1.54) is 0 Å². The zero-order chi connectivity index (χ0) is 9.41. The molecule has 1 rings (SSSR count). The minimum atomic E-state index is -1.04. The Hall–Kier alpha value is 0.130. The van der Waals surface area contributed by atoms with Gasteiger partial charge in [-0.3, -0.25) is 0 Å². The van der Waals surface area contributed by atoms with E-state index in [-0.39, 0.29) is 5.38 Å². The molecule has 1 fully saturated rings. The summed E-state index contributed by atoms with van der Waals surface area (Å²) < 4.78 is 0. The zero-order valence-corrected chi connectivity index (χ0v) is 8.34. The van der Waals surface area contributed by atoms with Crippen molar-refractivity contribution in [1.82, 2.24) is 0 Å². The Kier molecular flexibility index (Phi) is 2.66. The predicted octanol–water partition coefficient (Wildman–Crippen LogP) is 1.98. The molecule has 1 saturated heterocycles. The molecule has 0 bridgehead atoms. The molecule has 1 aliphatic rings. The fourth-order valence-corrected chi connectivity index (χ4v) is 0.599. The minimum absolute atomic E-state index is 0.367. The summed E-state index contributed by atoms with van der Waals surface area (Å²) in [6, 6.07) is 0. The maximum Gasteiger partial charge on any atom is 0.247 e. The average Bonchev–Trinajstić information content (AvgIpc) is 1.96. The first-order chi connectivity index (χ1) is 5.36. The first kappa shape index (κ1) is 10.2. The predicted molar refractivity (Wildman–Crippen MR) is 42.1 cm³/mol. The van der Waals surface area contributed by atoms with Crippen LogP contribution >= 0.6 is 11.6 Å². The lowest BCUT2D eigenvalue weighted by Gasteiger charge is -2.39. The van der Waals surface area contributed by atoms with E-state index in [0.717, 1.165) is 0 Å². The molecule has 1 unspecified atom stereocenters. The van der Waals surface area contributed by atoms with Gasteiger partial charge in [-0.2, -0.15) is 19.6 Å². The maximum absolute atomic E-state index is 5.78. The third-order valence-corrected chi connectivity index (χ3v) is 1.93. The van der Waals surface area contributed by atoms with Crippen molar-refractivity contribution in [3.05, 3.63) is 0 Å². The first-order valence-corrected chi connectivity index (χ1v) is 4.17. The summed E-state index contributed by atoms with van der Waals surface area (Å²) in [4.78, 5) is 19.7. The van der Waals surface area contributed by atoms with Crippen molar-refractivity contribution in [3.63, 3.8) is 0 Å². The van der Waals surface area contributed by atoms with Crippen LogP contribution in [0.15, 0.2) is 0 Å². The van der Waals surface area contributed by atoms with Gasteiger partial charge in [-0.05, 0) is 27.7 Å². The Morgan fingerprint density at radius 3 is 1.75 bits per heavy atom. The van der Waals surface area contributed by atoms with Crippen molar-refractivity contribution in [1.29, 1.82) is 0 Å². The molecule has 72 valence electrons. The quantitative estimate of drug-likeness (QED) is 0.475. The third kappa shape index (κ3) is 2.08. The van der Waals surface area contributed by atoms with Gasteiger partial charge in [0, 0.05) is 0 Å². The Morgan fingerprint density at radius 1 is 1.00 bits per heavy atom. The Bertz CT molecular complexity index is 159. The van der Waals surface area contributed by atoms with Crippen molar-refractivity contribution in [2.75, 3.05) is 0 Å². The largest absolute Gasteiger partial charge is 0.247 e. The highest BCUT2D eigenvalue weighted by atomic mass is 35.5. The molecule has 12 heavy (non-hydrogen) atoms. The molecule has 1 heterocycles. The molecule has 1 aliphatic heterocycles. The van der Waals surface area contributed by atoms with Gasteiger partial charge in [0.1, 0.15) is 0 Å². The second kappa shape index (κ2) is 3.12. The fraction of sp³-hybridized carbons (Fsp3) is 1.00. The fourth-order valence-electron chi connectivity index (χ4n) is 0.527. The van der Waals surface area contributed by atoms with Crippen LogP contribution in [-0.4, -0.2) is 17.0 Å². The second-order valence-corrected chi connectivity index (χ2v) is 4.02. The highest BCUT2D eigenvalue weighted by Gasteiger charge is 2.44. The van der Waals surface area contributed by atoms with Gasteiger partial charge in [0.2, 0.25) is 11.6 Å². The van der Waals surface area contributed by atoms with Crippen LogP contribution in [0.5, 0.6) is 0 Å². The summed E-state index contributed by atoms with van der Waals surface area (Å²) in [5, 5.41) is -0.367. The number of hydrogen-bond donors (Lipinski definition) is 0. The van der Waals surface area contributed by atoms with Crippen molar-refractivity contribution < 1.29 is 19.6 Å². The molecular weight excluding hydrogens is 184 g/mol. The van der Waals surface area contributed by atoms with E-state index in [1.54, 1.807) is 27.7 Å². The molecule has 0 amide bonds. The van der Waals surface area contributed by atoms with Gasteiger partial charge in [0.25, 0.3) is 0 Å². The van der Waals surface area contributed by atoms with Crippen LogP contribution in [0.3, 0.4) is 0 Å². The van der Waals surface area contributed by atoms with E-state index in [0.29, 0.717) is 0 Å². The molecule has 0 spiro atoms. The van der Waals surface area contributed by atoms with Gasteiger partial charge in [0.05, 0.1) is 5.38 Å². The van der Waals surface area contributed by atoms with Gasteiger partial charge in [-0.1, -0.05) is 0 Å². The summed E-state index contributed by atoms with van der Waals surface area (Å²) >= 11 is 5.78. The summed E-state index contributed by atoms with van der Waals surface area (Å²) in [6.45, 7) is 6.71. The Labute approximate surface area is 76.5 Å². The SMILES string of the molecule is CC(Cl)C1(C)OOC(C)(C)OO1. The Morgan fingerprint density at radius 2 is 1.42 bits per heavy atom. The summed E-state index contributed by atoms with van der Waals surface area (Å²) in [7, 11) is 0. The summed E-state index contributed by atoms with van der Waals surface area (Å²) in [5.74, 6) is -1.93. The van der Waals surface area contributed by atoms with Crippen LogP contribution < -0.4 is 0 Å². The third-order valence-electron chi connectivity index (χ3n) is 1.54. The Balaban J connectivity index is 2.55. The van der Waals surface area contributed by atoms with Crippen molar-refractivity contribution in [2.24, 2.45) is 0 Å². The van der Waals surface area contributed by atoms with Crippen LogP contribution in [0, 0.1) is 0 Å².